The van der Waals surface area contributed by atoms with Crippen LogP contribution in [-0.4, -0.2) is 29.8 Å². The number of likely N-dealkylation sites (tertiary alicyclic amines) is 1. The fourth-order valence-corrected chi connectivity index (χ4v) is 2.95. The lowest BCUT2D eigenvalue weighted by molar-refractivity contribution is -0.143. The van der Waals surface area contributed by atoms with Crippen LogP contribution in [0.4, 0.5) is 5.69 Å². The predicted octanol–water partition coefficient (Wildman–Crippen LogP) is 2.66. The molecular weight excluding hydrogens is 264 g/mol. The number of benzene rings is 1. The van der Waals surface area contributed by atoms with E-state index in [0.717, 1.165) is 31.6 Å². The van der Waals surface area contributed by atoms with E-state index in [9.17, 15) is 9.59 Å². The topological polar surface area (TPSA) is 49.4 Å². The third kappa shape index (κ3) is 2.80. The molecule has 1 N–H and O–H groups in total. The minimum Gasteiger partial charge on any atom is -0.342 e. The SMILES string of the molecule is CC1CCN(C(=O)C2(C(=O)Nc3ccccc3)CC2)CC1. The van der Waals surface area contributed by atoms with E-state index in [1.165, 1.54) is 0 Å². The summed E-state index contributed by atoms with van der Waals surface area (Å²) in [5.74, 6) is 0.572. The second-order valence-electron chi connectivity index (χ2n) is 6.38. The van der Waals surface area contributed by atoms with Crippen LogP contribution in [0.25, 0.3) is 0 Å². The van der Waals surface area contributed by atoms with E-state index in [1.54, 1.807) is 0 Å². The zero-order valence-electron chi connectivity index (χ0n) is 12.5. The number of rotatable bonds is 3. The molecule has 4 nitrogen and oxygen atoms in total. The van der Waals surface area contributed by atoms with Crippen LogP contribution in [0.1, 0.15) is 32.6 Å². The molecule has 0 bridgehead atoms. The molecule has 21 heavy (non-hydrogen) atoms. The number of anilines is 1. The lowest BCUT2D eigenvalue weighted by Gasteiger charge is -2.32. The molecule has 1 saturated carbocycles. The maximum Gasteiger partial charge on any atom is 0.240 e. The average Bonchev–Trinajstić information content (AvgIpc) is 3.30. The van der Waals surface area contributed by atoms with Crippen molar-refractivity contribution in [3.05, 3.63) is 30.3 Å². The highest BCUT2D eigenvalue weighted by molar-refractivity contribution is 6.13. The number of piperidine rings is 1. The normalized spacial score (nSPS) is 20.9. The van der Waals surface area contributed by atoms with Gasteiger partial charge in [0.15, 0.2) is 0 Å². The number of hydrogen-bond donors (Lipinski definition) is 1. The maximum atomic E-state index is 12.7. The van der Waals surface area contributed by atoms with Crippen LogP contribution in [0.5, 0.6) is 0 Å². The Labute approximate surface area is 125 Å². The highest BCUT2D eigenvalue weighted by atomic mass is 16.2. The van der Waals surface area contributed by atoms with Crippen LogP contribution in [0, 0.1) is 11.3 Å². The number of hydrogen-bond acceptors (Lipinski definition) is 2. The molecule has 1 aliphatic heterocycles. The second kappa shape index (κ2) is 5.51. The molecule has 0 radical (unpaired) electrons. The van der Waals surface area contributed by atoms with E-state index >= 15 is 0 Å². The number of nitrogens with zero attached hydrogens (tertiary/aromatic N) is 1. The van der Waals surface area contributed by atoms with Gasteiger partial charge in [-0.1, -0.05) is 25.1 Å². The minimum atomic E-state index is -0.795. The Hall–Kier alpha value is -1.84. The lowest BCUT2D eigenvalue weighted by atomic mass is 9.96. The third-order valence-electron chi connectivity index (χ3n) is 4.70. The van der Waals surface area contributed by atoms with Crippen LogP contribution < -0.4 is 5.32 Å². The van der Waals surface area contributed by atoms with Crippen molar-refractivity contribution in [3.8, 4) is 0 Å². The molecule has 3 rings (SSSR count). The summed E-state index contributed by atoms with van der Waals surface area (Å²) in [5, 5.41) is 2.89. The number of amides is 2. The largest absolute Gasteiger partial charge is 0.342 e. The molecule has 0 atom stereocenters. The molecule has 2 aliphatic rings. The van der Waals surface area contributed by atoms with Gasteiger partial charge < -0.3 is 10.2 Å². The van der Waals surface area contributed by atoms with Gasteiger partial charge in [0, 0.05) is 18.8 Å². The molecule has 2 amide bonds. The molecule has 1 saturated heterocycles. The fraction of sp³-hybridized carbons (Fsp3) is 0.529. The van der Waals surface area contributed by atoms with E-state index in [-0.39, 0.29) is 11.8 Å². The number of nitrogens with one attached hydrogen (secondary N) is 1. The molecule has 0 aromatic heterocycles. The van der Waals surface area contributed by atoms with Gasteiger partial charge in [-0.05, 0) is 43.7 Å². The Kier molecular flexibility index (Phi) is 3.70. The van der Waals surface area contributed by atoms with Gasteiger partial charge in [0.05, 0.1) is 0 Å². The molecule has 1 aliphatic carbocycles. The summed E-state index contributed by atoms with van der Waals surface area (Å²) >= 11 is 0. The summed E-state index contributed by atoms with van der Waals surface area (Å²) in [4.78, 5) is 27.1. The monoisotopic (exact) mass is 286 g/mol. The summed E-state index contributed by atoms with van der Waals surface area (Å²) in [6.07, 6.45) is 3.44. The van der Waals surface area contributed by atoms with Gasteiger partial charge in [0.2, 0.25) is 11.8 Å². The van der Waals surface area contributed by atoms with E-state index < -0.39 is 5.41 Å². The highest BCUT2D eigenvalue weighted by Crippen LogP contribution is 2.48. The standard InChI is InChI=1S/C17H22N2O2/c1-13-7-11-19(12-8-13)16(21)17(9-10-17)15(20)18-14-5-3-2-4-6-14/h2-6,13H,7-12H2,1H3,(H,18,20). The van der Waals surface area contributed by atoms with Crippen molar-refractivity contribution in [2.24, 2.45) is 11.3 Å². The molecule has 0 unspecified atom stereocenters. The Morgan fingerprint density at radius 3 is 2.33 bits per heavy atom. The van der Waals surface area contributed by atoms with Crippen molar-refractivity contribution in [3.63, 3.8) is 0 Å². The van der Waals surface area contributed by atoms with Crippen molar-refractivity contribution >= 4 is 17.5 Å². The molecule has 1 aromatic carbocycles. The lowest BCUT2D eigenvalue weighted by Crippen LogP contribution is -2.46. The summed E-state index contributed by atoms with van der Waals surface area (Å²) in [6, 6.07) is 9.36. The van der Waals surface area contributed by atoms with E-state index in [0.29, 0.717) is 18.8 Å². The second-order valence-corrected chi connectivity index (χ2v) is 6.38. The van der Waals surface area contributed by atoms with Gasteiger partial charge in [-0.15, -0.1) is 0 Å². The maximum absolute atomic E-state index is 12.7. The third-order valence-corrected chi connectivity index (χ3v) is 4.70. The van der Waals surface area contributed by atoms with Gasteiger partial charge >= 0.3 is 0 Å². The smallest absolute Gasteiger partial charge is 0.240 e. The van der Waals surface area contributed by atoms with Gasteiger partial charge in [-0.2, -0.15) is 0 Å². The molecule has 4 heteroatoms. The van der Waals surface area contributed by atoms with Crippen LogP contribution in [-0.2, 0) is 9.59 Å². The Balaban J connectivity index is 1.66. The molecule has 0 spiro atoms. The first-order valence-electron chi connectivity index (χ1n) is 7.78. The summed E-state index contributed by atoms with van der Waals surface area (Å²) in [7, 11) is 0. The van der Waals surface area contributed by atoms with Crippen molar-refractivity contribution < 1.29 is 9.59 Å². The van der Waals surface area contributed by atoms with Gasteiger partial charge in [0.1, 0.15) is 5.41 Å². The van der Waals surface area contributed by atoms with E-state index in [1.807, 2.05) is 35.2 Å². The summed E-state index contributed by atoms with van der Waals surface area (Å²) < 4.78 is 0. The molecule has 112 valence electrons. The van der Waals surface area contributed by atoms with Crippen LogP contribution >= 0.6 is 0 Å². The van der Waals surface area contributed by atoms with Crippen molar-refractivity contribution in [1.29, 1.82) is 0 Å². The van der Waals surface area contributed by atoms with Crippen molar-refractivity contribution in [1.82, 2.24) is 4.90 Å². The number of carbonyl (C=O) groups excluding carboxylic acids is 2. The Morgan fingerprint density at radius 1 is 1.14 bits per heavy atom. The van der Waals surface area contributed by atoms with Crippen LogP contribution in [0.15, 0.2) is 30.3 Å². The van der Waals surface area contributed by atoms with E-state index in [2.05, 4.69) is 12.2 Å². The highest BCUT2D eigenvalue weighted by Gasteiger charge is 2.58. The number of para-hydroxylation sites is 1. The first-order chi connectivity index (χ1) is 10.1. The Morgan fingerprint density at radius 2 is 1.76 bits per heavy atom. The van der Waals surface area contributed by atoms with Crippen molar-refractivity contribution in [2.45, 2.75) is 32.6 Å². The molecule has 1 aromatic rings. The van der Waals surface area contributed by atoms with Gasteiger partial charge in [0.25, 0.3) is 0 Å². The Bertz CT molecular complexity index is 529. The van der Waals surface area contributed by atoms with Crippen LogP contribution in [0.3, 0.4) is 0 Å². The van der Waals surface area contributed by atoms with Gasteiger partial charge in [-0.3, -0.25) is 9.59 Å². The van der Waals surface area contributed by atoms with E-state index in [4.69, 9.17) is 0 Å². The predicted molar refractivity (Wildman–Crippen MR) is 81.7 cm³/mol. The molecule has 2 fully saturated rings. The first kappa shape index (κ1) is 14.1. The summed E-state index contributed by atoms with van der Waals surface area (Å²) in [6.45, 7) is 3.80. The zero-order chi connectivity index (χ0) is 14.9. The first-order valence-corrected chi connectivity index (χ1v) is 7.78. The van der Waals surface area contributed by atoms with Crippen molar-refractivity contribution in [2.75, 3.05) is 18.4 Å². The molecule has 1 heterocycles. The molecular formula is C17H22N2O2. The fourth-order valence-electron chi connectivity index (χ4n) is 2.95. The van der Waals surface area contributed by atoms with Crippen LogP contribution in [0.2, 0.25) is 0 Å². The zero-order valence-corrected chi connectivity index (χ0v) is 12.5. The van der Waals surface area contributed by atoms with Gasteiger partial charge in [-0.25, -0.2) is 0 Å². The minimum absolute atomic E-state index is 0.0304. The average molecular weight is 286 g/mol. The quantitative estimate of drug-likeness (QED) is 0.868. The number of carbonyl (C=O) groups is 2. The summed E-state index contributed by atoms with van der Waals surface area (Å²) in [5.41, 5.74) is -0.0370.